The molecule has 0 spiro atoms. The van der Waals surface area contributed by atoms with Crippen LogP contribution < -0.4 is 10.1 Å². The summed E-state index contributed by atoms with van der Waals surface area (Å²) in [5.74, 6) is -0.964. The van der Waals surface area contributed by atoms with Gasteiger partial charge in [0, 0.05) is 20.7 Å². The highest BCUT2D eigenvalue weighted by Gasteiger charge is 2.36. The Hall–Kier alpha value is -3.14. The first-order valence-corrected chi connectivity index (χ1v) is 12.7. The number of benzene rings is 3. The minimum atomic E-state index is -0.577. The lowest BCUT2D eigenvalue weighted by molar-refractivity contribution is -0.127. The molecule has 0 saturated carbocycles. The van der Waals surface area contributed by atoms with Gasteiger partial charge in [0.15, 0.2) is 0 Å². The van der Waals surface area contributed by atoms with E-state index in [1.54, 1.807) is 54.6 Å². The molecule has 3 aromatic rings. The zero-order valence-corrected chi connectivity index (χ0v) is 22.0. The fourth-order valence-corrected chi connectivity index (χ4v) is 4.69. The van der Waals surface area contributed by atoms with Crippen molar-refractivity contribution in [3.63, 3.8) is 0 Å². The largest absolute Gasteiger partial charge is 0.488 e. The van der Waals surface area contributed by atoms with E-state index in [-0.39, 0.29) is 17.3 Å². The van der Waals surface area contributed by atoms with Crippen molar-refractivity contribution >= 4 is 68.1 Å². The van der Waals surface area contributed by atoms with E-state index in [9.17, 15) is 18.8 Å². The van der Waals surface area contributed by atoms with Crippen LogP contribution in [0, 0.1) is 12.7 Å². The maximum Gasteiger partial charge on any atom is 0.294 e. The second-order valence-electron chi connectivity index (χ2n) is 7.88. The molecule has 0 unspecified atom stereocenters. The number of nitrogens with zero attached hydrogens (tertiary/aromatic N) is 1. The number of aryl methyl sites for hydroxylation is 1. The Balaban J connectivity index is 1.47. The lowest BCUT2D eigenvalue weighted by Gasteiger charge is -2.13. The van der Waals surface area contributed by atoms with Crippen LogP contribution in [0.2, 0.25) is 5.02 Å². The Kier molecular flexibility index (Phi) is 8.13. The van der Waals surface area contributed by atoms with Crippen LogP contribution >= 0.6 is 39.3 Å². The van der Waals surface area contributed by atoms with Crippen LogP contribution in [-0.4, -0.2) is 28.5 Å². The average molecular weight is 590 g/mol. The van der Waals surface area contributed by atoms with Crippen molar-refractivity contribution in [1.29, 1.82) is 0 Å². The summed E-state index contributed by atoms with van der Waals surface area (Å²) in [6, 6.07) is 16.2. The summed E-state index contributed by atoms with van der Waals surface area (Å²) < 4.78 is 19.8. The molecule has 6 nitrogen and oxygen atoms in total. The maximum absolute atomic E-state index is 13.2. The predicted octanol–water partition coefficient (Wildman–Crippen LogP) is 6.80. The van der Waals surface area contributed by atoms with Crippen molar-refractivity contribution in [2.45, 2.75) is 13.5 Å². The third-order valence-electron chi connectivity index (χ3n) is 5.20. The van der Waals surface area contributed by atoms with Gasteiger partial charge < -0.3 is 10.1 Å². The SMILES string of the molecule is Cc1ccc(NC(=O)CN2C(=O)S/C(=C\c3cc(Br)ccc3OCc3ccc(F)cc3)C2=O)cc1Cl. The molecule has 0 radical (unpaired) electrons. The number of halogens is 3. The normalized spacial score (nSPS) is 14.4. The van der Waals surface area contributed by atoms with Gasteiger partial charge in [0.1, 0.15) is 24.7 Å². The average Bonchev–Trinajstić information content (AvgIpc) is 3.09. The van der Waals surface area contributed by atoms with Gasteiger partial charge in [-0.05, 0) is 78.4 Å². The lowest BCUT2D eigenvalue weighted by atomic mass is 10.1. The lowest BCUT2D eigenvalue weighted by Crippen LogP contribution is -2.36. The third-order valence-corrected chi connectivity index (χ3v) is 7.00. The first-order chi connectivity index (χ1) is 17.2. The molecule has 10 heteroatoms. The van der Waals surface area contributed by atoms with Gasteiger partial charge in [-0.15, -0.1) is 0 Å². The summed E-state index contributed by atoms with van der Waals surface area (Å²) in [5, 5.41) is 2.59. The number of imide groups is 1. The summed E-state index contributed by atoms with van der Waals surface area (Å²) >= 11 is 10.2. The van der Waals surface area contributed by atoms with Gasteiger partial charge in [-0.25, -0.2) is 4.39 Å². The van der Waals surface area contributed by atoms with Crippen LogP contribution in [-0.2, 0) is 16.2 Å². The standard InChI is InChI=1S/C26H19BrClFN2O4S/c1-15-2-8-20(12-21(15)28)30-24(32)13-31-25(33)23(36-26(31)34)11-17-10-18(27)5-9-22(17)35-14-16-3-6-19(29)7-4-16/h2-12H,13-14H2,1H3,(H,30,32)/b23-11-. The van der Waals surface area contributed by atoms with Crippen LogP contribution in [0.1, 0.15) is 16.7 Å². The second-order valence-corrected chi connectivity index (χ2v) is 10.2. The molecule has 4 rings (SSSR count). The molecule has 1 aliphatic rings. The minimum absolute atomic E-state index is 0.163. The molecule has 1 saturated heterocycles. The summed E-state index contributed by atoms with van der Waals surface area (Å²) in [6.45, 7) is 1.60. The van der Waals surface area contributed by atoms with Crippen molar-refractivity contribution in [3.8, 4) is 5.75 Å². The predicted molar refractivity (Wildman–Crippen MR) is 142 cm³/mol. The number of ether oxygens (including phenoxy) is 1. The molecular formula is C26H19BrClFN2O4S. The van der Waals surface area contributed by atoms with Gasteiger partial charge >= 0.3 is 0 Å². The Morgan fingerprint density at radius 2 is 1.89 bits per heavy atom. The molecule has 3 aromatic carbocycles. The zero-order chi connectivity index (χ0) is 25.8. The van der Waals surface area contributed by atoms with Crippen LogP contribution in [0.25, 0.3) is 6.08 Å². The highest BCUT2D eigenvalue weighted by molar-refractivity contribution is 9.10. The molecule has 3 amide bonds. The van der Waals surface area contributed by atoms with E-state index in [1.165, 1.54) is 12.1 Å². The van der Waals surface area contributed by atoms with Crippen LogP contribution in [0.15, 0.2) is 70.0 Å². The molecule has 184 valence electrons. The van der Waals surface area contributed by atoms with Crippen molar-refractivity contribution in [3.05, 3.63) is 97.6 Å². The molecule has 0 bridgehead atoms. The Morgan fingerprint density at radius 1 is 1.14 bits per heavy atom. The van der Waals surface area contributed by atoms with Gasteiger partial charge in [0.05, 0.1) is 4.91 Å². The number of anilines is 1. The number of thioether (sulfide) groups is 1. The fourth-order valence-electron chi connectivity index (χ4n) is 3.30. The third kappa shape index (κ3) is 6.34. The van der Waals surface area contributed by atoms with Gasteiger partial charge in [-0.1, -0.05) is 45.7 Å². The topological polar surface area (TPSA) is 75.7 Å². The number of amides is 3. The van der Waals surface area contributed by atoms with Gasteiger partial charge in [-0.2, -0.15) is 0 Å². The van der Waals surface area contributed by atoms with E-state index in [4.69, 9.17) is 16.3 Å². The summed E-state index contributed by atoms with van der Waals surface area (Å²) in [4.78, 5) is 39.0. The molecule has 1 aliphatic heterocycles. The number of hydrogen-bond donors (Lipinski definition) is 1. The summed E-state index contributed by atoms with van der Waals surface area (Å²) in [7, 11) is 0. The number of hydrogen-bond acceptors (Lipinski definition) is 5. The van der Waals surface area contributed by atoms with E-state index < -0.39 is 23.6 Å². The molecule has 0 atom stereocenters. The Morgan fingerprint density at radius 3 is 2.61 bits per heavy atom. The molecule has 0 aliphatic carbocycles. The van der Waals surface area contributed by atoms with Crippen molar-refractivity contribution in [2.75, 3.05) is 11.9 Å². The quantitative estimate of drug-likeness (QED) is 0.307. The smallest absolute Gasteiger partial charge is 0.294 e. The first-order valence-electron chi connectivity index (χ1n) is 10.7. The maximum atomic E-state index is 13.2. The summed E-state index contributed by atoms with van der Waals surface area (Å²) in [5.41, 5.74) is 2.66. The molecule has 1 fully saturated rings. The molecule has 1 N–H and O–H groups in total. The van der Waals surface area contributed by atoms with E-state index >= 15 is 0 Å². The van der Waals surface area contributed by atoms with Gasteiger partial charge in [-0.3, -0.25) is 19.3 Å². The zero-order valence-electron chi connectivity index (χ0n) is 18.9. The van der Waals surface area contributed by atoms with E-state index in [0.717, 1.165) is 32.3 Å². The van der Waals surface area contributed by atoms with Crippen LogP contribution in [0.4, 0.5) is 14.9 Å². The van der Waals surface area contributed by atoms with E-state index in [2.05, 4.69) is 21.2 Å². The van der Waals surface area contributed by atoms with Crippen molar-refractivity contribution in [1.82, 2.24) is 4.90 Å². The summed E-state index contributed by atoms with van der Waals surface area (Å²) in [6.07, 6.45) is 1.55. The molecule has 0 aromatic heterocycles. The fraction of sp³-hybridized carbons (Fsp3) is 0.115. The van der Waals surface area contributed by atoms with E-state index in [1.807, 2.05) is 6.92 Å². The minimum Gasteiger partial charge on any atom is -0.488 e. The molecule has 36 heavy (non-hydrogen) atoms. The Labute approximate surface area is 224 Å². The van der Waals surface area contributed by atoms with Crippen molar-refractivity contribution in [2.24, 2.45) is 0 Å². The molecular weight excluding hydrogens is 571 g/mol. The van der Waals surface area contributed by atoms with Gasteiger partial charge in [0.25, 0.3) is 11.1 Å². The number of nitrogens with one attached hydrogen (secondary N) is 1. The highest BCUT2D eigenvalue weighted by Crippen LogP contribution is 2.35. The van der Waals surface area contributed by atoms with E-state index in [0.29, 0.717) is 22.0 Å². The van der Waals surface area contributed by atoms with Crippen molar-refractivity contribution < 1.29 is 23.5 Å². The highest BCUT2D eigenvalue weighted by atomic mass is 79.9. The monoisotopic (exact) mass is 588 g/mol. The number of carbonyl (C=O) groups is 3. The molecule has 1 heterocycles. The second kappa shape index (κ2) is 11.3. The van der Waals surface area contributed by atoms with Crippen LogP contribution in [0.3, 0.4) is 0 Å². The number of rotatable bonds is 7. The van der Waals surface area contributed by atoms with Crippen LogP contribution in [0.5, 0.6) is 5.75 Å². The first kappa shape index (κ1) is 25.9. The van der Waals surface area contributed by atoms with Gasteiger partial charge in [0.2, 0.25) is 5.91 Å². The Bertz CT molecular complexity index is 1380. The number of carbonyl (C=O) groups excluding carboxylic acids is 3.